The summed E-state index contributed by atoms with van der Waals surface area (Å²) in [6.07, 6.45) is 2.69. The summed E-state index contributed by atoms with van der Waals surface area (Å²) in [5.74, 6) is -0.492. The Morgan fingerprint density at radius 1 is 1.00 bits per heavy atom. The first-order valence-electron chi connectivity index (χ1n) is 3.51. The first-order valence-corrected chi connectivity index (χ1v) is 3.51. The lowest BCUT2D eigenvalue weighted by molar-refractivity contribution is 0.640. The lowest BCUT2D eigenvalue weighted by Gasteiger charge is -1.95. The summed E-state index contributed by atoms with van der Waals surface area (Å²) in [4.78, 5) is 0. The van der Waals surface area contributed by atoms with Gasteiger partial charge in [0.15, 0.2) is 0 Å². The summed E-state index contributed by atoms with van der Waals surface area (Å²) in [7, 11) is 0. The van der Waals surface area contributed by atoms with Crippen LogP contribution < -0.4 is 0 Å². The first kappa shape index (κ1) is 9.47. The zero-order valence-corrected chi connectivity index (χ0v) is 6.25. The monoisotopic (exact) mass is 147 g/mol. The van der Waals surface area contributed by atoms with Gasteiger partial charge in [-0.2, -0.15) is 15.8 Å². The largest absolute Gasteiger partial charge is 0.198 e. The van der Waals surface area contributed by atoms with Crippen LogP contribution in [-0.2, 0) is 0 Å². The van der Waals surface area contributed by atoms with Gasteiger partial charge >= 0.3 is 0 Å². The van der Waals surface area contributed by atoms with Gasteiger partial charge in [0.25, 0.3) is 0 Å². The molecule has 0 atom stereocenters. The molecule has 0 fully saturated rings. The molecule has 0 aliphatic heterocycles. The van der Waals surface area contributed by atoms with Crippen molar-refractivity contribution in [1.29, 1.82) is 15.8 Å². The SMILES string of the molecule is N#CCCCCC(C#N)C#N. The highest BCUT2D eigenvalue weighted by Gasteiger charge is 2.03. The van der Waals surface area contributed by atoms with E-state index in [1.807, 2.05) is 18.2 Å². The predicted molar refractivity (Wildman–Crippen MR) is 38.8 cm³/mol. The molecule has 0 aromatic carbocycles. The van der Waals surface area contributed by atoms with Crippen molar-refractivity contribution in [2.75, 3.05) is 0 Å². The highest BCUT2D eigenvalue weighted by atomic mass is 14.3. The highest BCUT2D eigenvalue weighted by molar-refractivity contribution is 4.98. The minimum absolute atomic E-state index is 0.492. The number of hydrogen-bond acceptors (Lipinski definition) is 3. The van der Waals surface area contributed by atoms with E-state index in [-0.39, 0.29) is 0 Å². The van der Waals surface area contributed by atoms with Crippen LogP contribution in [0.3, 0.4) is 0 Å². The zero-order valence-electron chi connectivity index (χ0n) is 6.25. The smallest absolute Gasteiger partial charge is 0.133 e. The van der Waals surface area contributed by atoms with Crippen molar-refractivity contribution in [2.24, 2.45) is 5.92 Å². The molecule has 0 bridgehead atoms. The quantitative estimate of drug-likeness (QED) is 0.568. The van der Waals surface area contributed by atoms with E-state index in [0.717, 1.165) is 12.8 Å². The number of nitrogens with zero attached hydrogens (tertiary/aromatic N) is 3. The second-order valence-corrected chi connectivity index (χ2v) is 2.21. The van der Waals surface area contributed by atoms with Crippen molar-refractivity contribution in [3.05, 3.63) is 0 Å². The van der Waals surface area contributed by atoms with Crippen LogP contribution in [0.15, 0.2) is 0 Å². The molecule has 0 aliphatic carbocycles. The molecule has 0 N–H and O–H groups in total. The van der Waals surface area contributed by atoms with Crippen molar-refractivity contribution in [2.45, 2.75) is 25.7 Å². The Kier molecular flexibility index (Phi) is 5.67. The van der Waals surface area contributed by atoms with Gasteiger partial charge in [-0.3, -0.25) is 0 Å². The van der Waals surface area contributed by atoms with Gasteiger partial charge in [-0.1, -0.05) is 6.42 Å². The van der Waals surface area contributed by atoms with Crippen molar-refractivity contribution >= 4 is 0 Å². The van der Waals surface area contributed by atoms with Crippen molar-refractivity contribution in [3.63, 3.8) is 0 Å². The molecular weight excluding hydrogens is 138 g/mol. The normalized spacial score (nSPS) is 8.18. The maximum Gasteiger partial charge on any atom is 0.133 e. The molecule has 0 spiro atoms. The molecule has 0 aromatic heterocycles. The highest BCUT2D eigenvalue weighted by Crippen LogP contribution is 2.07. The van der Waals surface area contributed by atoms with E-state index < -0.39 is 5.92 Å². The Morgan fingerprint density at radius 2 is 1.64 bits per heavy atom. The van der Waals surface area contributed by atoms with E-state index in [9.17, 15) is 0 Å². The van der Waals surface area contributed by atoms with Gasteiger partial charge in [-0.05, 0) is 12.8 Å². The zero-order chi connectivity index (χ0) is 8.53. The number of hydrogen-bond donors (Lipinski definition) is 0. The minimum atomic E-state index is -0.492. The third-order valence-electron chi connectivity index (χ3n) is 1.34. The molecule has 0 amide bonds. The van der Waals surface area contributed by atoms with E-state index in [2.05, 4.69) is 0 Å². The molecule has 0 saturated heterocycles. The molecular formula is C8H9N3. The van der Waals surface area contributed by atoms with Crippen LogP contribution in [0.4, 0.5) is 0 Å². The lowest BCUT2D eigenvalue weighted by atomic mass is 10.0. The van der Waals surface area contributed by atoms with Gasteiger partial charge in [0.2, 0.25) is 0 Å². The standard InChI is InChI=1S/C8H9N3/c9-5-3-1-2-4-8(6-10)7-11/h8H,1-4H2. The average Bonchev–Trinajstić information content (AvgIpc) is 2.05. The van der Waals surface area contributed by atoms with Gasteiger partial charge in [-0.15, -0.1) is 0 Å². The first-order chi connectivity index (χ1) is 5.35. The Labute approximate surface area is 66.5 Å². The number of unbranched alkanes of at least 4 members (excludes halogenated alkanes) is 2. The molecule has 0 saturated carbocycles. The second-order valence-electron chi connectivity index (χ2n) is 2.21. The predicted octanol–water partition coefficient (Wildman–Crippen LogP) is 1.73. The number of rotatable bonds is 4. The summed E-state index contributed by atoms with van der Waals surface area (Å²) in [6, 6.07) is 5.78. The minimum Gasteiger partial charge on any atom is -0.198 e. The maximum absolute atomic E-state index is 8.35. The summed E-state index contributed by atoms with van der Waals surface area (Å²) in [5.41, 5.74) is 0. The topological polar surface area (TPSA) is 71.4 Å². The van der Waals surface area contributed by atoms with Crippen molar-refractivity contribution < 1.29 is 0 Å². The molecule has 0 aromatic rings. The fraction of sp³-hybridized carbons (Fsp3) is 0.625. The van der Waals surface area contributed by atoms with Crippen LogP contribution in [0.1, 0.15) is 25.7 Å². The second kappa shape index (κ2) is 6.59. The molecule has 0 rings (SSSR count). The fourth-order valence-electron chi connectivity index (χ4n) is 0.710. The molecule has 0 aliphatic rings. The Hall–Kier alpha value is -1.53. The van der Waals surface area contributed by atoms with Crippen LogP contribution in [0.5, 0.6) is 0 Å². The van der Waals surface area contributed by atoms with Crippen molar-refractivity contribution in [1.82, 2.24) is 0 Å². The van der Waals surface area contributed by atoms with Gasteiger partial charge in [0.1, 0.15) is 5.92 Å². The van der Waals surface area contributed by atoms with Gasteiger partial charge in [0.05, 0.1) is 18.2 Å². The van der Waals surface area contributed by atoms with Crippen LogP contribution >= 0.6 is 0 Å². The molecule has 11 heavy (non-hydrogen) atoms. The van der Waals surface area contributed by atoms with E-state index >= 15 is 0 Å². The molecule has 0 radical (unpaired) electrons. The van der Waals surface area contributed by atoms with E-state index in [1.165, 1.54) is 0 Å². The third kappa shape index (κ3) is 4.94. The van der Waals surface area contributed by atoms with E-state index in [4.69, 9.17) is 15.8 Å². The fourth-order valence-corrected chi connectivity index (χ4v) is 0.710. The lowest BCUT2D eigenvalue weighted by Crippen LogP contribution is -1.91. The van der Waals surface area contributed by atoms with E-state index in [0.29, 0.717) is 12.8 Å². The number of nitriles is 3. The molecule has 0 heterocycles. The van der Waals surface area contributed by atoms with Gasteiger partial charge < -0.3 is 0 Å². The van der Waals surface area contributed by atoms with E-state index in [1.54, 1.807) is 0 Å². The average molecular weight is 147 g/mol. The summed E-state index contributed by atoms with van der Waals surface area (Å²) < 4.78 is 0. The Bertz CT molecular complexity index is 199. The van der Waals surface area contributed by atoms with Crippen molar-refractivity contribution in [3.8, 4) is 18.2 Å². The molecule has 3 nitrogen and oxygen atoms in total. The Morgan fingerprint density at radius 3 is 2.09 bits per heavy atom. The summed E-state index contributed by atoms with van der Waals surface area (Å²) in [6.45, 7) is 0. The van der Waals surface area contributed by atoms with Gasteiger partial charge in [0, 0.05) is 6.42 Å². The molecule has 56 valence electrons. The van der Waals surface area contributed by atoms with Crippen LogP contribution in [0.2, 0.25) is 0 Å². The molecule has 0 unspecified atom stereocenters. The van der Waals surface area contributed by atoms with Gasteiger partial charge in [-0.25, -0.2) is 0 Å². The van der Waals surface area contributed by atoms with Crippen LogP contribution in [-0.4, -0.2) is 0 Å². The van der Waals surface area contributed by atoms with Crippen LogP contribution in [0, 0.1) is 39.9 Å². The summed E-state index contributed by atoms with van der Waals surface area (Å²) >= 11 is 0. The Balaban J connectivity index is 3.34. The molecule has 3 heteroatoms. The summed E-state index contributed by atoms with van der Waals surface area (Å²) in [5, 5.41) is 24.9. The maximum atomic E-state index is 8.35. The third-order valence-corrected chi connectivity index (χ3v) is 1.34. The van der Waals surface area contributed by atoms with Crippen LogP contribution in [0.25, 0.3) is 0 Å².